The summed E-state index contributed by atoms with van der Waals surface area (Å²) in [7, 11) is 0. The van der Waals surface area contributed by atoms with E-state index in [4.69, 9.17) is 0 Å². The third-order valence-corrected chi connectivity index (χ3v) is 4.42. The predicted molar refractivity (Wildman–Crippen MR) is 88.9 cm³/mol. The van der Waals surface area contributed by atoms with E-state index < -0.39 is 0 Å². The van der Waals surface area contributed by atoms with Crippen molar-refractivity contribution in [2.45, 2.75) is 33.4 Å². The van der Waals surface area contributed by atoms with Gasteiger partial charge in [0, 0.05) is 30.2 Å². The molecular weight excluding hydrogens is 293 g/mol. The fraction of sp³-hybridized carbons (Fsp3) is 0.389. The molecule has 0 aliphatic carbocycles. The molecule has 1 aliphatic rings. The van der Waals surface area contributed by atoms with Crippen LogP contribution in [0, 0.1) is 18.7 Å². The number of nitrogens with zero attached hydrogens (tertiary/aromatic N) is 2. The van der Waals surface area contributed by atoms with Crippen LogP contribution in [0.5, 0.6) is 0 Å². The molecule has 1 N–H and O–H groups in total. The molecule has 0 bridgehead atoms. The van der Waals surface area contributed by atoms with Crippen LogP contribution in [0.15, 0.2) is 36.4 Å². The number of amides is 2. The molecule has 2 aromatic rings. The molecule has 1 aliphatic heterocycles. The number of benzene rings is 1. The van der Waals surface area contributed by atoms with Crippen molar-refractivity contribution in [2.75, 3.05) is 11.9 Å². The Balaban J connectivity index is 1.83. The van der Waals surface area contributed by atoms with Crippen molar-refractivity contribution in [3.8, 4) is 0 Å². The molecule has 0 saturated carbocycles. The van der Waals surface area contributed by atoms with Crippen molar-refractivity contribution in [3.63, 3.8) is 0 Å². The number of nitrogens with one attached hydrogen (secondary N) is 1. The van der Waals surface area contributed by atoms with E-state index in [0.29, 0.717) is 18.2 Å². The van der Waals surface area contributed by atoms with Crippen LogP contribution in [0.2, 0.25) is 0 Å². The summed E-state index contributed by atoms with van der Waals surface area (Å²) in [4.78, 5) is 14.6. The van der Waals surface area contributed by atoms with Gasteiger partial charge in [0.15, 0.2) is 0 Å². The number of urea groups is 1. The molecule has 2 amide bonds. The number of carbonyl (C=O) groups is 1. The lowest BCUT2D eigenvalue weighted by Gasteiger charge is -2.39. The SMILES string of the molecule is Cc1ccc2n1CCN(C(=O)Nc1ccc(F)cc1)C2C(C)C. The minimum Gasteiger partial charge on any atom is -0.345 e. The standard InChI is InChI=1S/C18H22FN3O/c1-12(2)17-16-9-4-13(3)21(16)10-11-22(17)18(23)20-15-7-5-14(19)6-8-15/h4-9,12,17H,10-11H2,1-3H3,(H,20,23). The number of aromatic nitrogens is 1. The zero-order chi connectivity index (χ0) is 16.6. The molecule has 122 valence electrons. The summed E-state index contributed by atoms with van der Waals surface area (Å²) in [6.07, 6.45) is 0. The molecule has 5 heteroatoms. The number of fused-ring (bicyclic) bond motifs is 1. The lowest BCUT2D eigenvalue weighted by atomic mass is 9.97. The highest BCUT2D eigenvalue weighted by Crippen LogP contribution is 2.33. The normalized spacial score (nSPS) is 17.3. The maximum absolute atomic E-state index is 13.0. The molecule has 1 aromatic heterocycles. The number of hydrogen-bond donors (Lipinski definition) is 1. The number of anilines is 1. The monoisotopic (exact) mass is 315 g/mol. The molecule has 23 heavy (non-hydrogen) atoms. The van der Waals surface area contributed by atoms with Crippen molar-refractivity contribution in [3.05, 3.63) is 53.6 Å². The van der Waals surface area contributed by atoms with Gasteiger partial charge in [0.1, 0.15) is 5.82 Å². The molecule has 0 fully saturated rings. The largest absolute Gasteiger partial charge is 0.345 e. The first-order valence-corrected chi connectivity index (χ1v) is 7.96. The molecular formula is C18H22FN3O. The van der Waals surface area contributed by atoms with Crippen LogP contribution >= 0.6 is 0 Å². The van der Waals surface area contributed by atoms with Gasteiger partial charge in [-0.2, -0.15) is 0 Å². The van der Waals surface area contributed by atoms with E-state index in [2.05, 4.69) is 42.8 Å². The van der Waals surface area contributed by atoms with Crippen molar-refractivity contribution in [1.82, 2.24) is 9.47 Å². The van der Waals surface area contributed by atoms with Crippen molar-refractivity contribution >= 4 is 11.7 Å². The molecule has 0 saturated heterocycles. The Morgan fingerprint density at radius 1 is 1.17 bits per heavy atom. The Labute approximate surface area is 135 Å². The van der Waals surface area contributed by atoms with Gasteiger partial charge in [0.2, 0.25) is 0 Å². The van der Waals surface area contributed by atoms with Crippen LogP contribution in [0.3, 0.4) is 0 Å². The second-order valence-electron chi connectivity index (χ2n) is 6.37. The summed E-state index contributed by atoms with van der Waals surface area (Å²) in [5.41, 5.74) is 3.01. The Kier molecular flexibility index (Phi) is 4.11. The fourth-order valence-corrected chi connectivity index (χ4v) is 3.32. The number of rotatable bonds is 2. The third-order valence-electron chi connectivity index (χ3n) is 4.42. The summed E-state index contributed by atoms with van der Waals surface area (Å²) in [6, 6.07) is 9.96. The molecule has 1 unspecified atom stereocenters. The van der Waals surface area contributed by atoms with E-state index >= 15 is 0 Å². The fourth-order valence-electron chi connectivity index (χ4n) is 3.32. The van der Waals surface area contributed by atoms with Gasteiger partial charge >= 0.3 is 6.03 Å². The first-order chi connectivity index (χ1) is 11.0. The Morgan fingerprint density at radius 3 is 2.52 bits per heavy atom. The number of aryl methyl sites for hydroxylation is 1. The predicted octanol–water partition coefficient (Wildman–Crippen LogP) is 4.18. The Bertz CT molecular complexity index is 706. The lowest BCUT2D eigenvalue weighted by molar-refractivity contribution is 0.143. The second kappa shape index (κ2) is 6.07. The average molecular weight is 315 g/mol. The molecule has 0 radical (unpaired) electrons. The van der Waals surface area contributed by atoms with E-state index in [1.807, 2.05) is 4.90 Å². The van der Waals surface area contributed by atoms with Gasteiger partial charge < -0.3 is 14.8 Å². The van der Waals surface area contributed by atoms with Crippen molar-refractivity contribution < 1.29 is 9.18 Å². The Morgan fingerprint density at radius 2 is 1.87 bits per heavy atom. The van der Waals surface area contributed by atoms with Crippen LogP contribution < -0.4 is 5.32 Å². The average Bonchev–Trinajstić information content (AvgIpc) is 2.90. The highest BCUT2D eigenvalue weighted by Gasteiger charge is 2.33. The number of halogens is 1. The maximum atomic E-state index is 13.0. The highest BCUT2D eigenvalue weighted by atomic mass is 19.1. The van der Waals surface area contributed by atoms with Crippen molar-refractivity contribution in [2.24, 2.45) is 5.92 Å². The van der Waals surface area contributed by atoms with Gasteiger partial charge in [-0.25, -0.2) is 9.18 Å². The zero-order valence-electron chi connectivity index (χ0n) is 13.7. The van der Waals surface area contributed by atoms with Gasteiger partial charge in [0.05, 0.1) is 6.04 Å². The minimum atomic E-state index is -0.311. The van der Waals surface area contributed by atoms with Gasteiger partial charge in [0.25, 0.3) is 0 Å². The van der Waals surface area contributed by atoms with Gasteiger partial charge in [-0.15, -0.1) is 0 Å². The van der Waals surface area contributed by atoms with E-state index in [1.165, 1.54) is 23.5 Å². The molecule has 1 atom stereocenters. The molecule has 4 nitrogen and oxygen atoms in total. The van der Waals surface area contributed by atoms with Crippen LogP contribution in [-0.2, 0) is 6.54 Å². The number of hydrogen-bond acceptors (Lipinski definition) is 1. The lowest BCUT2D eigenvalue weighted by Crippen LogP contribution is -2.46. The second-order valence-corrected chi connectivity index (χ2v) is 6.37. The first-order valence-electron chi connectivity index (χ1n) is 7.96. The summed E-state index contributed by atoms with van der Waals surface area (Å²) in [5, 5.41) is 2.87. The minimum absolute atomic E-state index is 0.0397. The van der Waals surface area contributed by atoms with E-state index in [0.717, 1.165) is 6.54 Å². The molecule has 3 rings (SSSR count). The van der Waals surface area contributed by atoms with Crippen LogP contribution in [-0.4, -0.2) is 22.0 Å². The molecule has 0 spiro atoms. The van der Waals surface area contributed by atoms with Crippen LogP contribution in [0.4, 0.5) is 14.9 Å². The maximum Gasteiger partial charge on any atom is 0.322 e. The first kappa shape index (κ1) is 15.6. The van der Waals surface area contributed by atoms with Crippen LogP contribution in [0.25, 0.3) is 0 Å². The van der Waals surface area contributed by atoms with Gasteiger partial charge in [-0.1, -0.05) is 13.8 Å². The van der Waals surface area contributed by atoms with E-state index in [-0.39, 0.29) is 17.9 Å². The van der Waals surface area contributed by atoms with Gasteiger partial charge in [-0.05, 0) is 49.2 Å². The molecule has 2 heterocycles. The molecule has 1 aromatic carbocycles. The zero-order valence-corrected chi connectivity index (χ0v) is 13.7. The summed E-state index contributed by atoms with van der Waals surface area (Å²) in [5.74, 6) is -0.00310. The summed E-state index contributed by atoms with van der Waals surface area (Å²) >= 11 is 0. The highest BCUT2D eigenvalue weighted by molar-refractivity contribution is 5.89. The number of carbonyl (C=O) groups excluding carboxylic acids is 1. The Hall–Kier alpha value is -2.30. The quantitative estimate of drug-likeness (QED) is 0.887. The third kappa shape index (κ3) is 2.96. The van der Waals surface area contributed by atoms with E-state index in [9.17, 15) is 9.18 Å². The summed E-state index contributed by atoms with van der Waals surface area (Å²) < 4.78 is 15.3. The van der Waals surface area contributed by atoms with Crippen molar-refractivity contribution in [1.29, 1.82) is 0 Å². The van der Waals surface area contributed by atoms with E-state index in [1.54, 1.807) is 12.1 Å². The summed E-state index contributed by atoms with van der Waals surface area (Å²) in [6.45, 7) is 7.81. The topological polar surface area (TPSA) is 37.3 Å². The van der Waals surface area contributed by atoms with Crippen LogP contribution in [0.1, 0.15) is 31.3 Å². The van der Waals surface area contributed by atoms with Gasteiger partial charge in [-0.3, -0.25) is 0 Å². The smallest absolute Gasteiger partial charge is 0.322 e.